The fourth-order valence-corrected chi connectivity index (χ4v) is 3.83. The molecule has 0 aliphatic carbocycles. The van der Waals surface area contributed by atoms with Gasteiger partial charge in [0.1, 0.15) is 5.56 Å². The molecule has 0 radical (unpaired) electrons. The first-order valence-electron chi connectivity index (χ1n) is 11.1. The largest absolute Gasteiger partial charge is 0.493 e. The minimum atomic E-state index is -0.739. The maximum atomic E-state index is 12.7. The Morgan fingerprint density at radius 1 is 1.06 bits per heavy atom. The average molecular weight is 473 g/mol. The van der Waals surface area contributed by atoms with E-state index in [-0.39, 0.29) is 5.56 Å². The number of carbonyl (C=O) groups is 1. The molecule has 1 aliphatic heterocycles. The highest BCUT2D eigenvalue weighted by Crippen LogP contribution is 2.25. The average Bonchev–Trinajstić information content (AvgIpc) is 2.89. The standard InChI is InChI=1S/C25H23N5O5/c1-33-21-4-2-3-16-13-20(25(32)35-23(16)21)24(31)28-18-7-5-17(6-8-18)27-22-14-19(15-26-29-22)30-9-11-34-12-10-30/h2-8,13-15H,9-12H2,1H3,(H,27,29)(H,28,31). The Hall–Kier alpha value is -4.44. The van der Waals surface area contributed by atoms with Gasteiger partial charge in [-0.15, -0.1) is 5.10 Å². The van der Waals surface area contributed by atoms with E-state index in [4.69, 9.17) is 13.9 Å². The number of benzene rings is 2. The number of nitrogens with zero attached hydrogens (tertiary/aromatic N) is 3. The topological polar surface area (TPSA) is 119 Å². The molecule has 1 aliphatic rings. The van der Waals surface area contributed by atoms with Gasteiger partial charge in [-0.1, -0.05) is 12.1 Å². The molecule has 2 N–H and O–H groups in total. The van der Waals surface area contributed by atoms with E-state index < -0.39 is 11.5 Å². The summed E-state index contributed by atoms with van der Waals surface area (Å²) in [6, 6.07) is 15.7. The highest BCUT2D eigenvalue weighted by Gasteiger charge is 2.16. The van der Waals surface area contributed by atoms with Gasteiger partial charge in [-0.05, 0) is 36.4 Å². The van der Waals surface area contributed by atoms with Crippen LogP contribution in [0, 0.1) is 0 Å². The van der Waals surface area contributed by atoms with E-state index in [1.807, 2.05) is 6.07 Å². The minimum Gasteiger partial charge on any atom is -0.493 e. The van der Waals surface area contributed by atoms with Gasteiger partial charge in [0.2, 0.25) is 0 Å². The van der Waals surface area contributed by atoms with Crippen LogP contribution in [0.4, 0.5) is 22.9 Å². The number of morpholine rings is 1. The van der Waals surface area contributed by atoms with Crippen molar-refractivity contribution in [3.8, 4) is 5.75 Å². The van der Waals surface area contributed by atoms with E-state index in [1.54, 1.807) is 48.7 Å². The van der Waals surface area contributed by atoms with E-state index in [9.17, 15) is 9.59 Å². The number of rotatable bonds is 6. The number of fused-ring (bicyclic) bond motifs is 1. The fraction of sp³-hybridized carbons (Fsp3) is 0.200. The van der Waals surface area contributed by atoms with Gasteiger partial charge in [-0.3, -0.25) is 4.79 Å². The van der Waals surface area contributed by atoms with Gasteiger partial charge >= 0.3 is 5.63 Å². The summed E-state index contributed by atoms with van der Waals surface area (Å²) in [5.41, 5.74) is 1.74. The van der Waals surface area contributed by atoms with Crippen LogP contribution < -0.4 is 25.9 Å². The first-order valence-corrected chi connectivity index (χ1v) is 11.1. The van der Waals surface area contributed by atoms with Crippen molar-refractivity contribution in [1.29, 1.82) is 0 Å². The number of hydrogen-bond donors (Lipinski definition) is 2. The Kier molecular flexibility index (Phi) is 6.27. The number of carbonyl (C=O) groups excluding carboxylic acids is 1. The van der Waals surface area contributed by atoms with Crippen molar-refractivity contribution in [1.82, 2.24) is 10.2 Å². The quantitative estimate of drug-likeness (QED) is 0.406. The molecule has 1 saturated heterocycles. The van der Waals surface area contributed by atoms with Crippen LogP contribution in [0.15, 0.2) is 70.0 Å². The van der Waals surface area contributed by atoms with Crippen LogP contribution in [-0.2, 0) is 4.74 Å². The van der Waals surface area contributed by atoms with Crippen molar-refractivity contribution in [2.24, 2.45) is 0 Å². The zero-order valence-corrected chi connectivity index (χ0v) is 19.0. The highest BCUT2D eigenvalue weighted by molar-refractivity contribution is 6.05. The van der Waals surface area contributed by atoms with Crippen LogP contribution in [0.3, 0.4) is 0 Å². The Bertz CT molecular complexity index is 1410. The van der Waals surface area contributed by atoms with Crippen molar-refractivity contribution >= 4 is 39.8 Å². The second-order valence-electron chi connectivity index (χ2n) is 7.88. The summed E-state index contributed by atoms with van der Waals surface area (Å²) in [4.78, 5) is 27.4. The van der Waals surface area contributed by atoms with E-state index in [0.717, 1.165) is 24.5 Å². The summed E-state index contributed by atoms with van der Waals surface area (Å²) in [5.74, 6) is 0.470. The first-order chi connectivity index (χ1) is 17.1. The molecule has 5 rings (SSSR count). The molecule has 2 aromatic heterocycles. The summed E-state index contributed by atoms with van der Waals surface area (Å²) < 4.78 is 16.0. The monoisotopic (exact) mass is 473 g/mol. The van der Waals surface area contributed by atoms with Crippen molar-refractivity contribution in [2.45, 2.75) is 0 Å². The third kappa shape index (κ3) is 4.92. The number of amides is 1. The highest BCUT2D eigenvalue weighted by atomic mass is 16.5. The maximum Gasteiger partial charge on any atom is 0.349 e. The lowest BCUT2D eigenvalue weighted by Crippen LogP contribution is -2.36. The molecule has 10 nitrogen and oxygen atoms in total. The Morgan fingerprint density at radius 2 is 1.83 bits per heavy atom. The minimum absolute atomic E-state index is 0.0943. The smallest absolute Gasteiger partial charge is 0.349 e. The van der Waals surface area contributed by atoms with Crippen LogP contribution in [0.1, 0.15) is 10.4 Å². The van der Waals surface area contributed by atoms with Gasteiger partial charge in [-0.2, -0.15) is 5.10 Å². The molecule has 4 aromatic rings. The number of ether oxygens (including phenoxy) is 2. The lowest BCUT2D eigenvalue weighted by atomic mass is 10.1. The van der Waals surface area contributed by atoms with Crippen molar-refractivity contribution in [3.63, 3.8) is 0 Å². The number of methoxy groups -OCH3 is 1. The zero-order valence-electron chi connectivity index (χ0n) is 19.0. The molecule has 1 amide bonds. The molecule has 35 heavy (non-hydrogen) atoms. The third-order valence-corrected chi connectivity index (χ3v) is 5.62. The summed E-state index contributed by atoms with van der Waals surface area (Å²) in [5, 5.41) is 14.8. The molecule has 0 bridgehead atoms. The first kappa shape index (κ1) is 22.4. The van der Waals surface area contributed by atoms with Crippen LogP contribution in [-0.4, -0.2) is 49.5 Å². The second-order valence-corrected chi connectivity index (χ2v) is 7.88. The zero-order chi connectivity index (χ0) is 24.2. The van der Waals surface area contributed by atoms with Crippen molar-refractivity contribution in [3.05, 3.63) is 76.8 Å². The van der Waals surface area contributed by atoms with Crippen LogP contribution in [0.2, 0.25) is 0 Å². The molecule has 0 spiro atoms. The van der Waals surface area contributed by atoms with Crippen LogP contribution in [0.25, 0.3) is 11.0 Å². The second kappa shape index (κ2) is 9.82. The normalized spacial score (nSPS) is 13.5. The molecular weight excluding hydrogens is 450 g/mol. The molecule has 0 saturated carbocycles. The Labute approximate surface area is 200 Å². The summed E-state index contributed by atoms with van der Waals surface area (Å²) in [7, 11) is 1.49. The Morgan fingerprint density at radius 3 is 2.60 bits per heavy atom. The number of anilines is 4. The lowest BCUT2D eigenvalue weighted by molar-refractivity contribution is 0.102. The fourth-order valence-electron chi connectivity index (χ4n) is 3.83. The molecular formula is C25H23N5O5. The van der Waals surface area contributed by atoms with E-state index in [1.165, 1.54) is 13.2 Å². The van der Waals surface area contributed by atoms with Gasteiger partial charge in [0, 0.05) is 35.9 Å². The summed E-state index contributed by atoms with van der Waals surface area (Å²) in [6.07, 6.45) is 1.73. The summed E-state index contributed by atoms with van der Waals surface area (Å²) >= 11 is 0. The molecule has 2 aromatic carbocycles. The Balaban J connectivity index is 1.28. The van der Waals surface area contributed by atoms with Gasteiger partial charge in [0.15, 0.2) is 17.2 Å². The van der Waals surface area contributed by atoms with Gasteiger partial charge in [-0.25, -0.2) is 4.79 Å². The number of nitrogens with one attached hydrogen (secondary N) is 2. The van der Waals surface area contributed by atoms with Crippen molar-refractivity contribution < 1.29 is 18.7 Å². The number of aromatic nitrogens is 2. The van der Waals surface area contributed by atoms with E-state index in [0.29, 0.717) is 41.4 Å². The SMILES string of the molecule is COc1cccc2cc(C(=O)Nc3ccc(Nc4cc(N5CCOCC5)cnn4)cc3)c(=O)oc12. The third-order valence-electron chi connectivity index (χ3n) is 5.62. The molecule has 3 heterocycles. The number of para-hydroxylation sites is 1. The predicted molar refractivity (Wildman–Crippen MR) is 132 cm³/mol. The molecule has 0 unspecified atom stereocenters. The van der Waals surface area contributed by atoms with Gasteiger partial charge in [0.25, 0.3) is 5.91 Å². The van der Waals surface area contributed by atoms with Crippen molar-refractivity contribution in [2.75, 3.05) is 48.9 Å². The van der Waals surface area contributed by atoms with Crippen LogP contribution in [0.5, 0.6) is 5.75 Å². The molecule has 10 heteroatoms. The van der Waals surface area contributed by atoms with Crippen LogP contribution >= 0.6 is 0 Å². The molecule has 178 valence electrons. The maximum absolute atomic E-state index is 12.7. The summed E-state index contributed by atoms with van der Waals surface area (Å²) in [6.45, 7) is 2.99. The number of hydrogen-bond acceptors (Lipinski definition) is 9. The lowest BCUT2D eigenvalue weighted by Gasteiger charge is -2.28. The van der Waals surface area contributed by atoms with E-state index in [2.05, 4.69) is 25.7 Å². The van der Waals surface area contributed by atoms with Gasteiger partial charge < -0.3 is 29.4 Å². The molecule has 0 atom stereocenters. The van der Waals surface area contributed by atoms with E-state index >= 15 is 0 Å². The predicted octanol–water partition coefficient (Wildman–Crippen LogP) is 3.42. The molecule has 1 fully saturated rings. The van der Waals surface area contributed by atoms with Gasteiger partial charge in [0.05, 0.1) is 32.2 Å².